The second kappa shape index (κ2) is 4.96. The fourth-order valence-electron chi connectivity index (χ4n) is 2.00. The molecule has 0 bridgehead atoms. The number of amides is 1. The Morgan fingerprint density at radius 3 is 2.00 bits per heavy atom. The molecule has 0 fully saturated rings. The minimum Gasteiger partial charge on any atom is -0.369 e. The van der Waals surface area contributed by atoms with Gasteiger partial charge in [-0.3, -0.25) is 4.79 Å². The predicted molar refractivity (Wildman–Crippen MR) is 62.8 cm³/mol. The van der Waals surface area contributed by atoms with Gasteiger partial charge in [0.05, 0.1) is 6.42 Å². The third-order valence-electron chi connectivity index (χ3n) is 2.69. The lowest BCUT2D eigenvalue weighted by molar-refractivity contribution is -0.117. The first-order valence-electron chi connectivity index (χ1n) is 5.48. The smallest absolute Gasteiger partial charge is 0.221 e. The van der Waals surface area contributed by atoms with E-state index in [0.29, 0.717) is 6.42 Å². The van der Waals surface area contributed by atoms with Crippen LogP contribution in [0, 0.1) is 6.92 Å². The van der Waals surface area contributed by atoms with Crippen LogP contribution in [0.25, 0.3) is 0 Å². The molecule has 2 N–H and O–H groups in total. The van der Waals surface area contributed by atoms with E-state index in [1.165, 1.54) is 16.7 Å². The summed E-state index contributed by atoms with van der Waals surface area (Å²) in [7, 11) is 0. The van der Waals surface area contributed by atoms with Gasteiger partial charge in [-0.1, -0.05) is 31.5 Å². The quantitative estimate of drug-likeness (QED) is 0.804. The Labute approximate surface area is 91.5 Å². The van der Waals surface area contributed by atoms with Gasteiger partial charge < -0.3 is 5.73 Å². The maximum Gasteiger partial charge on any atom is 0.221 e. The van der Waals surface area contributed by atoms with E-state index >= 15 is 0 Å². The summed E-state index contributed by atoms with van der Waals surface area (Å²) in [5, 5.41) is 0. The molecule has 0 radical (unpaired) electrons. The molecule has 1 amide bonds. The van der Waals surface area contributed by atoms with Gasteiger partial charge in [0.25, 0.3) is 0 Å². The van der Waals surface area contributed by atoms with Crippen molar-refractivity contribution in [1.29, 1.82) is 0 Å². The molecule has 15 heavy (non-hydrogen) atoms. The van der Waals surface area contributed by atoms with Gasteiger partial charge >= 0.3 is 0 Å². The number of rotatable bonds is 4. The number of hydrogen-bond acceptors (Lipinski definition) is 1. The molecule has 0 saturated carbocycles. The molecular formula is C13H19NO. The molecule has 0 aliphatic heterocycles. The maximum atomic E-state index is 11.0. The van der Waals surface area contributed by atoms with Crippen LogP contribution < -0.4 is 5.73 Å². The van der Waals surface area contributed by atoms with Gasteiger partial charge in [-0.2, -0.15) is 0 Å². The number of aryl methyl sites for hydroxylation is 3. The minimum atomic E-state index is -0.247. The van der Waals surface area contributed by atoms with Gasteiger partial charge in [-0.05, 0) is 36.5 Å². The Hall–Kier alpha value is -1.31. The van der Waals surface area contributed by atoms with E-state index in [0.717, 1.165) is 18.4 Å². The van der Waals surface area contributed by atoms with Crippen molar-refractivity contribution >= 4 is 5.91 Å². The van der Waals surface area contributed by atoms with E-state index in [2.05, 4.69) is 32.9 Å². The standard InChI is InChI=1S/C13H19NO/c1-4-10-6-9(3)7-11(5-2)12(10)8-13(14)15/h6-7H,4-5,8H2,1-3H3,(H2,14,15). The van der Waals surface area contributed by atoms with Crippen molar-refractivity contribution in [3.05, 3.63) is 34.4 Å². The highest BCUT2D eigenvalue weighted by Crippen LogP contribution is 2.19. The first-order valence-corrected chi connectivity index (χ1v) is 5.48. The summed E-state index contributed by atoms with van der Waals surface area (Å²) in [6.45, 7) is 6.31. The molecule has 0 aliphatic rings. The molecule has 1 aromatic rings. The van der Waals surface area contributed by atoms with Crippen molar-refractivity contribution in [2.24, 2.45) is 5.73 Å². The first-order chi connectivity index (χ1) is 7.08. The Balaban J connectivity index is 3.23. The van der Waals surface area contributed by atoms with Crippen molar-refractivity contribution in [3.8, 4) is 0 Å². The fraction of sp³-hybridized carbons (Fsp3) is 0.462. The van der Waals surface area contributed by atoms with Crippen molar-refractivity contribution < 1.29 is 4.79 Å². The molecule has 0 unspecified atom stereocenters. The summed E-state index contributed by atoms with van der Waals surface area (Å²) in [5.74, 6) is -0.247. The maximum absolute atomic E-state index is 11.0. The van der Waals surface area contributed by atoms with Gasteiger partial charge in [-0.25, -0.2) is 0 Å². The Morgan fingerprint density at radius 2 is 1.67 bits per heavy atom. The number of nitrogens with two attached hydrogens (primary N) is 1. The highest BCUT2D eigenvalue weighted by atomic mass is 16.1. The normalized spacial score (nSPS) is 10.3. The van der Waals surface area contributed by atoms with Gasteiger partial charge in [0, 0.05) is 0 Å². The van der Waals surface area contributed by atoms with Crippen LogP contribution >= 0.6 is 0 Å². The van der Waals surface area contributed by atoms with E-state index in [1.807, 2.05) is 0 Å². The van der Waals surface area contributed by atoms with Crippen molar-refractivity contribution in [2.45, 2.75) is 40.0 Å². The predicted octanol–water partition coefficient (Wildman–Crippen LogP) is 2.15. The highest BCUT2D eigenvalue weighted by molar-refractivity contribution is 5.77. The Bertz CT molecular complexity index is 344. The van der Waals surface area contributed by atoms with Gasteiger partial charge in [0.2, 0.25) is 5.91 Å². The fourth-order valence-corrected chi connectivity index (χ4v) is 2.00. The minimum absolute atomic E-state index is 0.247. The Morgan fingerprint density at radius 1 is 1.20 bits per heavy atom. The van der Waals surface area contributed by atoms with Crippen molar-refractivity contribution in [1.82, 2.24) is 0 Å². The molecule has 1 rings (SSSR count). The van der Waals surface area contributed by atoms with Gasteiger partial charge in [0.1, 0.15) is 0 Å². The van der Waals surface area contributed by atoms with E-state index in [9.17, 15) is 4.79 Å². The first kappa shape index (κ1) is 11.8. The van der Waals surface area contributed by atoms with Crippen LogP contribution in [0.2, 0.25) is 0 Å². The SMILES string of the molecule is CCc1cc(C)cc(CC)c1CC(N)=O. The average molecular weight is 205 g/mol. The molecule has 0 saturated heterocycles. The van der Waals surface area contributed by atoms with Gasteiger partial charge in [0.15, 0.2) is 0 Å². The van der Waals surface area contributed by atoms with Crippen LogP contribution in [-0.4, -0.2) is 5.91 Å². The monoisotopic (exact) mass is 205 g/mol. The number of hydrogen-bond donors (Lipinski definition) is 1. The van der Waals surface area contributed by atoms with Gasteiger partial charge in [-0.15, -0.1) is 0 Å². The van der Waals surface area contributed by atoms with Crippen LogP contribution in [-0.2, 0) is 24.1 Å². The lowest BCUT2D eigenvalue weighted by Gasteiger charge is -2.13. The molecular weight excluding hydrogens is 186 g/mol. The number of primary amides is 1. The average Bonchev–Trinajstić information content (AvgIpc) is 2.19. The Kier molecular flexibility index (Phi) is 3.89. The molecule has 0 heterocycles. The lowest BCUT2D eigenvalue weighted by atomic mass is 9.93. The highest BCUT2D eigenvalue weighted by Gasteiger charge is 2.09. The third-order valence-corrected chi connectivity index (χ3v) is 2.69. The van der Waals surface area contributed by atoms with E-state index < -0.39 is 0 Å². The summed E-state index contributed by atoms with van der Waals surface area (Å²) in [6, 6.07) is 4.30. The molecule has 2 heteroatoms. The number of benzene rings is 1. The zero-order chi connectivity index (χ0) is 11.4. The zero-order valence-electron chi connectivity index (χ0n) is 9.76. The second-order valence-corrected chi connectivity index (χ2v) is 3.91. The topological polar surface area (TPSA) is 43.1 Å². The van der Waals surface area contributed by atoms with Crippen LogP contribution in [0.5, 0.6) is 0 Å². The van der Waals surface area contributed by atoms with Crippen LogP contribution in [0.3, 0.4) is 0 Å². The second-order valence-electron chi connectivity index (χ2n) is 3.91. The lowest BCUT2D eigenvalue weighted by Crippen LogP contribution is -2.16. The largest absolute Gasteiger partial charge is 0.369 e. The molecule has 0 atom stereocenters. The zero-order valence-corrected chi connectivity index (χ0v) is 9.76. The van der Waals surface area contributed by atoms with Crippen LogP contribution in [0.4, 0.5) is 0 Å². The summed E-state index contributed by atoms with van der Waals surface area (Å²) >= 11 is 0. The molecule has 0 aliphatic carbocycles. The van der Waals surface area contributed by atoms with Crippen molar-refractivity contribution in [3.63, 3.8) is 0 Å². The summed E-state index contributed by atoms with van der Waals surface area (Å²) < 4.78 is 0. The molecule has 1 aromatic carbocycles. The molecule has 0 aromatic heterocycles. The molecule has 82 valence electrons. The van der Waals surface area contributed by atoms with E-state index in [1.54, 1.807) is 0 Å². The molecule has 2 nitrogen and oxygen atoms in total. The van der Waals surface area contributed by atoms with E-state index in [4.69, 9.17) is 5.73 Å². The van der Waals surface area contributed by atoms with Crippen LogP contribution in [0.15, 0.2) is 12.1 Å². The summed E-state index contributed by atoms with van der Waals surface area (Å²) in [4.78, 5) is 11.0. The van der Waals surface area contributed by atoms with E-state index in [-0.39, 0.29) is 5.91 Å². The number of carbonyl (C=O) groups is 1. The van der Waals surface area contributed by atoms with Crippen LogP contribution in [0.1, 0.15) is 36.1 Å². The summed E-state index contributed by atoms with van der Waals surface area (Å²) in [5.41, 5.74) is 10.2. The number of carbonyl (C=O) groups excluding carboxylic acids is 1. The third kappa shape index (κ3) is 2.82. The summed E-state index contributed by atoms with van der Waals surface area (Å²) in [6.07, 6.45) is 2.28. The molecule has 0 spiro atoms. The van der Waals surface area contributed by atoms with Crippen molar-refractivity contribution in [2.75, 3.05) is 0 Å².